The Hall–Kier alpha value is -0.570. The highest BCUT2D eigenvalue weighted by atomic mass is 127. The van der Waals surface area contributed by atoms with E-state index in [1.54, 1.807) is 7.05 Å². The maximum absolute atomic E-state index is 11.5. The van der Waals surface area contributed by atoms with Gasteiger partial charge in [0, 0.05) is 52.9 Å². The van der Waals surface area contributed by atoms with Crippen molar-refractivity contribution >= 4 is 35.8 Å². The molecule has 0 aromatic carbocycles. The first-order chi connectivity index (χ1) is 11.6. The van der Waals surface area contributed by atoms with Gasteiger partial charge in [-0.3, -0.25) is 9.79 Å². The van der Waals surface area contributed by atoms with Crippen molar-refractivity contribution in [3.8, 4) is 0 Å². The van der Waals surface area contributed by atoms with E-state index in [2.05, 4.69) is 36.3 Å². The molecule has 1 fully saturated rings. The topological polar surface area (TPSA) is 66.0 Å². The fourth-order valence-electron chi connectivity index (χ4n) is 2.81. The maximum Gasteiger partial charge on any atom is 0.220 e. The Kier molecular flexibility index (Phi) is 14.3. The second-order valence-corrected chi connectivity index (χ2v) is 6.87. The van der Waals surface area contributed by atoms with Crippen LogP contribution in [0.3, 0.4) is 0 Å². The van der Waals surface area contributed by atoms with Gasteiger partial charge in [0.15, 0.2) is 5.96 Å². The third-order valence-electron chi connectivity index (χ3n) is 4.16. The van der Waals surface area contributed by atoms with Crippen LogP contribution in [0.2, 0.25) is 0 Å². The molecule has 6 nitrogen and oxygen atoms in total. The van der Waals surface area contributed by atoms with Crippen molar-refractivity contribution in [2.45, 2.75) is 46.5 Å². The highest BCUT2D eigenvalue weighted by Gasteiger charge is 2.22. The summed E-state index contributed by atoms with van der Waals surface area (Å²) in [4.78, 5) is 18.5. The molecule has 1 heterocycles. The number of aliphatic imine (C=N–C) groups is 1. The molecule has 7 heteroatoms. The second kappa shape index (κ2) is 14.6. The van der Waals surface area contributed by atoms with Crippen molar-refractivity contribution in [2.75, 3.05) is 46.4 Å². The number of ether oxygens (including phenoxy) is 1. The minimum absolute atomic E-state index is 0. The average Bonchev–Trinajstić information content (AvgIpc) is 2.57. The van der Waals surface area contributed by atoms with Crippen LogP contribution >= 0.6 is 24.0 Å². The predicted octanol–water partition coefficient (Wildman–Crippen LogP) is 2.48. The summed E-state index contributed by atoms with van der Waals surface area (Å²) in [5.41, 5.74) is 0. The van der Waals surface area contributed by atoms with E-state index >= 15 is 0 Å². The third kappa shape index (κ3) is 10.9. The van der Waals surface area contributed by atoms with Gasteiger partial charge in [-0.15, -0.1) is 24.0 Å². The Labute approximate surface area is 170 Å². The van der Waals surface area contributed by atoms with Crippen molar-refractivity contribution in [3.05, 3.63) is 0 Å². The van der Waals surface area contributed by atoms with Crippen LogP contribution in [0.25, 0.3) is 0 Å². The van der Waals surface area contributed by atoms with Gasteiger partial charge in [-0.1, -0.05) is 13.8 Å². The quantitative estimate of drug-likeness (QED) is 0.236. The summed E-state index contributed by atoms with van der Waals surface area (Å²) in [7, 11) is 1.71. The number of nitrogens with one attached hydrogen (secondary N) is 2. The largest absolute Gasteiger partial charge is 0.381 e. The molecule has 0 bridgehead atoms. The van der Waals surface area contributed by atoms with Crippen LogP contribution in [0, 0.1) is 11.8 Å². The molecule has 1 aliphatic heterocycles. The Bertz CT molecular complexity index is 383. The monoisotopic (exact) mass is 468 g/mol. The first-order valence-corrected chi connectivity index (χ1v) is 9.38. The molecule has 0 aliphatic carbocycles. The van der Waals surface area contributed by atoms with Crippen LogP contribution in [0.5, 0.6) is 0 Å². The fourth-order valence-corrected chi connectivity index (χ4v) is 2.81. The summed E-state index contributed by atoms with van der Waals surface area (Å²) in [5.74, 6) is 2.23. The molecule has 0 aromatic heterocycles. The number of hydrogen-bond acceptors (Lipinski definition) is 3. The summed E-state index contributed by atoms with van der Waals surface area (Å²) in [6.07, 6.45) is 3.70. The van der Waals surface area contributed by atoms with Crippen molar-refractivity contribution in [1.82, 2.24) is 15.5 Å². The van der Waals surface area contributed by atoms with Crippen LogP contribution in [0.15, 0.2) is 4.99 Å². The molecule has 1 rings (SSSR count). The predicted molar refractivity (Wildman–Crippen MR) is 115 cm³/mol. The first kappa shape index (κ1) is 24.4. The summed E-state index contributed by atoms with van der Waals surface area (Å²) in [6, 6.07) is 0. The van der Waals surface area contributed by atoms with E-state index in [0.717, 1.165) is 64.6 Å². The summed E-state index contributed by atoms with van der Waals surface area (Å²) < 4.78 is 5.60. The normalized spacial score (nSPS) is 15.9. The lowest BCUT2D eigenvalue weighted by Gasteiger charge is -2.34. The summed E-state index contributed by atoms with van der Waals surface area (Å²) >= 11 is 0. The van der Waals surface area contributed by atoms with Gasteiger partial charge in [0.05, 0.1) is 0 Å². The minimum Gasteiger partial charge on any atom is -0.381 e. The summed E-state index contributed by atoms with van der Waals surface area (Å²) in [5, 5.41) is 6.10. The lowest BCUT2D eigenvalue weighted by Crippen LogP contribution is -2.46. The van der Waals surface area contributed by atoms with E-state index in [9.17, 15) is 4.79 Å². The summed E-state index contributed by atoms with van der Waals surface area (Å²) in [6.45, 7) is 11.6. The molecule has 0 saturated carbocycles. The number of nitrogens with zero attached hydrogens (tertiary/aromatic N) is 2. The van der Waals surface area contributed by atoms with E-state index in [4.69, 9.17) is 9.73 Å². The second-order valence-electron chi connectivity index (χ2n) is 6.87. The van der Waals surface area contributed by atoms with Crippen LogP contribution in [-0.4, -0.2) is 63.2 Å². The number of piperidine rings is 1. The van der Waals surface area contributed by atoms with Crippen molar-refractivity contribution in [2.24, 2.45) is 16.8 Å². The molecule has 0 unspecified atom stereocenters. The molecule has 1 amide bonds. The molecule has 1 saturated heterocycles. The lowest BCUT2D eigenvalue weighted by molar-refractivity contribution is -0.121. The smallest absolute Gasteiger partial charge is 0.220 e. The molecule has 2 N–H and O–H groups in total. The zero-order valence-electron chi connectivity index (χ0n) is 16.3. The molecule has 0 spiro atoms. The number of hydrogen-bond donors (Lipinski definition) is 2. The number of carbonyl (C=O) groups excluding carboxylic acids is 1. The van der Waals surface area contributed by atoms with Crippen LogP contribution in [0.1, 0.15) is 46.5 Å². The van der Waals surface area contributed by atoms with E-state index in [0.29, 0.717) is 18.3 Å². The minimum atomic E-state index is 0. The molecule has 0 radical (unpaired) electrons. The standard InChI is InChI=1S/C18H36N4O2.HI/c1-5-20-18(21-9-6-12-24-14-15(2)3)22-10-7-16(8-11-22)13-17(23)19-4;/h15-16H,5-14H2,1-4H3,(H,19,23)(H,20,21);1H. The number of halogens is 1. The Morgan fingerprint density at radius 1 is 1.32 bits per heavy atom. The Balaban J connectivity index is 0.00000576. The Morgan fingerprint density at radius 2 is 2.00 bits per heavy atom. The van der Waals surface area contributed by atoms with Gasteiger partial charge < -0.3 is 20.3 Å². The molecule has 1 aliphatic rings. The Morgan fingerprint density at radius 3 is 2.56 bits per heavy atom. The van der Waals surface area contributed by atoms with Crippen LogP contribution in [0.4, 0.5) is 0 Å². The highest BCUT2D eigenvalue weighted by Crippen LogP contribution is 2.20. The van der Waals surface area contributed by atoms with Crippen molar-refractivity contribution in [3.63, 3.8) is 0 Å². The van der Waals surface area contributed by atoms with Gasteiger partial charge in [0.2, 0.25) is 5.91 Å². The molecule has 25 heavy (non-hydrogen) atoms. The zero-order chi connectivity index (χ0) is 17.8. The van der Waals surface area contributed by atoms with Crippen molar-refractivity contribution in [1.29, 1.82) is 0 Å². The van der Waals surface area contributed by atoms with E-state index in [1.165, 1.54) is 0 Å². The molecule has 0 atom stereocenters. The number of carbonyl (C=O) groups is 1. The molecule has 148 valence electrons. The fraction of sp³-hybridized carbons (Fsp3) is 0.889. The SMILES string of the molecule is CCNC(=NCCCOCC(C)C)N1CCC(CC(=O)NC)CC1.I. The molecular formula is C18H37IN4O2. The van der Waals surface area contributed by atoms with Crippen LogP contribution < -0.4 is 10.6 Å². The highest BCUT2D eigenvalue weighted by molar-refractivity contribution is 14.0. The van der Waals surface area contributed by atoms with Gasteiger partial charge in [-0.25, -0.2) is 0 Å². The molecule has 0 aromatic rings. The van der Waals surface area contributed by atoms with Crippen molar-refractivity contribution < 1.29 is 9.53 Å². The van der Waals surface area contributed by atoms with Gasteiger partial charge in [0.25, 0.3) is 0 Å². The first-order valence-electron chi connectivity index (χ1n) is 9.38. The number of likely N-dealkylation sites (tertiary alicyclic amines) is 1. The van der Waals surface area contributed by atoms with Gasteiger partial charge >= 0.3 is 0 Å². The average molecular weight is 468 g/mol. The third-order valence-corrected chi connectivity index (χ3v) is 4.16. The molecular weight excluding hydrogens is 431 g/mol. The van der Waals surface area contributed by atoms with E-state index < -0.39 is 0 Å². The van der Waals surface area contributed by atoms with Gasteiger partial charge in [-0.05, 0) is 38.0 Å². The number of guanidine groups is 1. The van der Waals surface area contributed by atoms with Gasteiger partial charge in [-0.2, -0.15) is 0 Å². The lowest BCUT2D eigenvalue weighted by atomic mass is 9.93. The van der Waals surface area contributed by atoms with E-state index in [1.807, 2.05) is 0 Å². The maximum atomic E-state index is 11.5. The number of rotatable bonds is 9. The number of amides is 1. The zero-order valence-corrected chi connectivity index (χ0v) is 18.7. The van der Waals surface area contributed by atoms with E-state index in [-0.39, 0.29) is 29.9 Å². The van der Waals surface area contributed by atoms with Crippen LogP contribution in [-0.2, 0) is 9.53 Å². The van der Waals surface area contributed by atoms with Gasteiger partial charge in [0.1, 0.15) is 0 Å².